The maximum absolute atomic E-state index is 12.0. The molecule has 8 heteroatoms. The van der Waals surface area contributed by atoms with Crippen LogP contribution in [0.1, 0.15) is 30.0 Å². The number of fused-ring (bicyclic) bond motifs is 1. The maximum Gasteiger partial charge on any atom is 0.506 e. The van der Waals surface area contributed by atoms with Gasteiger partial charge in [0.25, 0.3) is 0 Å². The number of carbonyl (C=O) groups excluding carboxylic acids is 2. The molecule has 8 nitrogen and oxygen atoms in total. The third-order valence-electron chi connectivity index (χ3n) is 3.88. The molecule has 23 heavy (non-hydrogen) atoms. The van der Waals surface area contributed by atoms with E-state index in [-0.39, 0.29) is 18.4 Å². The fraction of sp³-hybridized carbons (Fsp3) is 0.333. The number of ether oxygens (including phenoxy) is 1. The van der Waals surface area contributed by atoms with Gasteiger partial charge in [-0.1, -0.05) is 12.1 Å². The summed E-state index contributed by atoms with van der Waals surface area (Å²) in [6.07, 6.45) is -0.612. The van der Waals surface area contributed by atoms with Gasteiger partial charge in [-0.2, -0.15) is 5.10 Å². The van der Waals surface area contributed by atoms with Crippen LogP contribution < -0.4 is 5.32 Å². The van der Waals surface area contributed by atoms with Crippen LogP contribution in [0.15, 0.2) is 18.2 Å². The van der Waals surface area contributed by atoms with Gasteiger partial charge in [0.15, 0.2) is 0 Å². The number of hydrogen-bond acceptors (Lipinski definition) is 5. The monoisotopic (exact) mass is 317 g/mol. The molecular weight excluding hydrogens is 302 g/mol. The van der Waals surface area contributed by atoms with Gasteiger partial charge in [-0.05, 0) is 18.1 Å². The number of benzene rings is 1. The molecule has 1 saturated heterocycles. The molecule has 0 aliphatic carbocycles. The van der Waals surface area contributed by atoms with Gasteiger partial charge in [0, 0.05) is 18.9 Å². The van der Waals surface area contributed by atoms with Gasteiger partial charge in [-0.25, -0.2) is 4.79 Å². The quantitative estimate of drug-likeness (QED) is 0.652. The van der Waals surface area contributed by atoms with Crippen molar-refractivity contribution in [2.45, 2.75) is 25.4 Å². The summed E-state index contributed by atoms with van der Waals surface area (Å²) in [5.41, 5.74) is 2.09. The number of rotatable bonds is 3. The van der Waals surface area contributed by atoms with Crippen molar-refractivity contribution in [3.63, 3.8) is 0 Å². The molecule has 2 aromatic rings. The van der Waals surface area contributed by atoms with Gasteiger partial charge in [0.1, 0.15) is 6.61 Å². The van der Waals surface area contributed by atoms with Crippen molar-refractivity contribution in [2.75, 3.05) is 0 Å². The number of hydrogen-bond donors (Lipinski definition) is 2. The predicted octanol–water partition coefficient (Wildman–Crippen LogP) is 1.29. The zero-order valence-corrected chi connectivity index (χ0v) is 12.4. The van der Waals surface area contributed by atoms with Crippen LogP contribution in [-0.2, 0) is 28.0 Å². The molecule has 1 aromatic carbocycles. The third kappa shape index (κ3) is 2.87. The minimum atomic E-state index is -1.33. The number of aromatic nitrogens is 2. The van der Waals surface area contributed by atoms with Crippen LogP contribution in [0.5, 0.6) is 0 Å². The highest BCUT2D eigenvalue weighted by Gasteiger charge is 2.31. The van der Waals surface area contributed by atoms with Crippen LogP contribution in [0.4, 0.5) is 4.79 Å². The average Bonchev–Trinajstić information content (AvgIpc) is 2.82. The maximum atomic E-state index is 12.0. The standard InChI is InChI=1S/C15H15N3O5/c1-18-11-6-8(7-23-15(21)22)2-3-9(11)13(17-18)10-4-5-12(19)16-14(10)20/h2-3,6,10H,4-5,7H2,1H3,(H,21,22)(H,16,19,20). The summed E-state index contributed by atoms with van der Waals surface area (Å²) >= 11 is 0. The SMILES string of the molecule is Cn1nc(C2CCC(=O)NC2=O)c2ccc(COC(=O)O)cc21. The van der Waals surface area contributed by atoms with Crippen molar-refractivity contribution in [3.05, 3.63) is 29.5 Å². The third-order valence-corrected chi connectivity index (χ3v) is 3.88. The van der Waals surface area contributed by atoms with E-state index in [0.717, 1.165) is 10.9 Å². The number of aryl methyl sites for hydroxylation is 1. The summed E-state index contributed by atoms with van der Waals surface area (Å²) in [6, 6.07) is 5.31. The van der Waals surface area contributed by atoms with E-state index >= 15 is 0 Å². The van der Waals surface area contributed by atoms with Gasteiger partial charge >= 0.3 is 6.16 Å². The first-order valence-corrected chi connectivity index (χ1v) is 7.10. The van der Waals surface area contributed by atoms with E-state index in [2.05, 4.69) is 15.2 Å². The Bertz CT molecular complexity index is 811. The first-order chi connectivity index (χ1) is 11.0. The van der Waals surface area contributed by atoms with E-state index in [9.17, 15) is 14.4 Å². The van der Waals surface area contributed by atoms with Gasteiger partial charge in [0.05, 0.1) is 17.1 Å². The summed E-state index contributed by atoms with van der Waals surface area (Å²) in [7, 11) is 1.75. The average molecular weight is 317 g/mol. The first kappa shape index (κ1) is 15.0. The number of piperidine rings is 1. The predicted molar refractivity (Wildman–Crippen MR) is 78.7 cm³/mol. The van der Waals surface area contributed by atoms with Gasteiger partial charge in [0.2, 0.25) is 11.8 Å². The van der Waals surface area contributed by atoms with E-state index in [0.29, 0.717) is 24.1 Å². The van der Waals surface area contributed by atoms with Gasteiger partial charge in [-0.3, -0.25) is 19.6 Å². The van der Waals surface area contributed by atoms with Crippen molar-refractivity contribution < 1.29 is 24.2 Å². The topological polar surface area (TPSA) is 111 Å². The Morgan fingerprint density at radius 3 is 2.96 bits per heavy atom. The molecule has 1 aliphatic heterocycles. The molecule has 1 fully saturated rings. The highest BCUT2D eigenvalue weighted by atomic mass is 16.7. The lowest BCUT2D eigenvalue weighted by atomic mass is 9.92. The van der Waals surface area contributed by atoms with E-state index in [1.165, 1.54) is 0 Å². The summed E-state index contributed by atoms with van der Waals surface area (Å²) in [6.45, 7) is -0.0514. The molecule has 1 atom stereocenters. The Labute approximate surface area is 131 Å². The number of imide groups is 1. The number of amides is 2. The molecule has 0 spiro atoms. The molecule has 0 radical (unpaired) electrons. The molecule has 1 aromatic heterocycles. The molecule has 3 rings (SSSR count). The summed E-state index contributed by atoms with van der Waals surface area (Å²) < 4.78 is 6.19. The number of carbonyl (C=O) groups is 3. The van der Waals surface area contributed by atoms with E-state index in [1.54, 1.807) is 29.9 Å². The lowest BCUT2D eigenvalue weighted by molar-refractivity contribution is -0.134. The largest absolute Gasteiger partial charge is 0.506 e. The second kappa shape index (κ2) is 5.71. The van der Waals surface area contributed by atoms with E-state index in [4.69, 9.17) is 5.11 Å². The Hall–Kier alpha value is -2.90. The van der Waals surface area contributed by atoms with Crippen molar-refractivity contribution in [1.29, 1.82) is 0 Å². The zero-order valence-electron chi connectivity index (χ0n) is 12.4. The van der Waals surface area contributed by atoms with Crippen molar-refractivity contribution in [3.8, 4) is 0 Å². The van der Waals surface area contributed by atoms with Crippen LogP contribution in [0, 0.1) is 0 Å². The molecule has 120 valence electrons. The van der Waals surface area contributed by atoms with E-state index < -0.39 is 12.1 Å². The smallest absolute Gasteiger partial charge is 0.450 e. The Balaban J connectivity index is 1.95. The summed E-state index contributed by atoms with van der Waals surface area (Å²) in [4.78, 5) is 33.8. The highest BCUT2D eigenvalue weighted by molar-refractivity contribution is 6.02. The molecule has 0 bridgehead atoms. The van der Waals surface area contributed by atoms with Crippen molar-refractivity contribution in [1.82, 2.24) is 15.1 Å². The molecular formula is C15H15N3O5. The zero-order chi connectivity index (χ0) is 16.6. The number of nitrogens with one attached hydrogen (secondary N) is 1. The van der Waals surface area contributed by atoms with Crippen LogP contribution in [-0.4, -0.2) is 32.9 Å². The Morgan fingerprint density at radius 1 is 1.48 bits per heavy atom. The molecule has 0 saturated carbocycles. The lowest BCUT2D eigenvalue weighted by Gasteiger charge is -2.19. The number of carboxylic acid groups (broad SMARTS) is 1. The first-order valence-electron chi connectivity index (χ1n) is 7.10. The van der Waals surface area contributed by atoms with Crippen LogP contribution in [0.3, 0.4) is 0 Å². The Morgan fingerprint density at radius 2 is 2.26 bits per heavy atom. The van der Waals surface area contributed by atoms with Crippen LogP contribution >= 0.6 is 0 Å². The Kier molecular flexibility index (Phi) is 3.73. The molecule has 2 heterocycles. The molecule has 2 amide bonds. The van der Waals surface area contributed by atoms with Gasteiger partial charge in [-0.15, -0.1) is 0 Å². The highest BCUT2D eigenvalue weighted by Crippen LogP contribution is 2.30. The van der Waals surface area contributed by atoms with Crippen LogP contribution in [0.25, 0.3) is 10.9 Å². The summed E-state index contributed by atoms with van der Waals surface area (Å²) in [5.74, 6) is -1.06. The minimum absolute atomic E-state index is 0.0514. The van der Waals surface area contributed by atoms with Crippen molar-refractivity contribution in [2.24, 2.45) is 7.05 Å². The van der Waals surface area contributed by atoms with Crippen LogP contribution in [0.2, 0.25) is 0 Å². The van der Waals surface area contributed by atoms with Crippen molar-refractivity contribution >= 4 is 28.9 Å². The molecule has 1 unspecified atom stereocenters. The second-order valence-corrected chi connectivity index (χ2v) is 5.42. The van der Waals surface area contributed by atoms with Gasteiger partial charge < -0.3 is 9.84 Å². The van der Waals surface area contributed by atoms with E-state index in [1.807, 2.05) is 0 Å². The molecule has 1 aliphatic rings. The molecule has 2 N–H and O–H groups in total. The summed E-state index contributed by atoms with van der Waals surface area (Å²) in [5, 5.41) is 16.1. The fourth-order valence-electron chi connectivity index (χ4n) is 2.78. The second-order valence-electron chi connectivity index (χ2n) is 5.42. The minimum Gasteiger partial charge on any atom is -0.450 e. The normalized spacial score (nSPS) is 18.0. The lowest BCUT2D eigenvalue weighted by Crippen LogP contribution is -2.39. The number of nitrogens with zero attached hydrogens (tertiary/aromatic N) is 2. The fourth-order valence-corrected chi connectivity index (χ4v) is 2.78.